The van der Waals surface area contributed by atoms with E-state index in [1.54, 1.807) is 18.3 Å². The minimum Gasteiger partial charge on any atom is -0.381 e. The summed E-state index contributed by atoms with van der Waals surface area (Å²) in [6.45, 7) is 1.17. The van der Waals surface area contributed by atoms with Gasteiger partial charge in [-0.3, -0.25) is 9.69 Å². The van der Waals surface area contributed by atoms with E-state index in [0.29, 0.717) is 31.9 Å². The number of nitrogens with two attached hydrogens (primary N) is 1. The normalized spacial score (nSPS) is 20.7. The molecule has 4 N–H and O–H groups in total. The molecule has 3 rings (SSSR count). The molecule has 8 nitrogen and oxygen atoms in total. The van der Waals surface area contributed by atoms with Gasteiger partial charge in [0.1, 0.15) is 11.4 Å². The number of rotatable bonds is 3. The number of hydrazine groups is 1. The van der Waals surface area contributed by atoms with Crippen molar-refractivity contribution in [3.05, 3.63) is 23.9 Å². The Bertz CT molecular complexity index is 553. The van der Waals surface area contributed by atoms with Crippen LogP contribution in [0.2, 0.25) is 0 Å². The first kappa shape index (κ1) is 13.8. The van der Waals surface area contributed by atoms with Gasteiger partial charge in [0.05, 0.1) is 6.54 Å². The number of anilines is 1. The van der Waals surface area contributed by atoms with Gasteiger partial charge in [-0.1, -0.05) is 6.07 Å². The minimum absolute atomic E-state index is 0.183. The van der Waals surface area contributed by atoms with Crippen LogP contribution >= 0.6 is 0 Å². The molecule has 21 heavy (non-hydrogen) atoms. The fourth-order valence-electron chi connectivity index (χ4n) is 2.66. The summed E-state index contributed by atoms with van der Waals surface area (Å²) in [6, 6.07) is 3.11. The second-order valence-corrected chi connectivity index (χ2v) is 5.21. The van der Waals surface area contributed by atoms with E-state index in [-0.39, 0.29) is 18.5 Å². The summed E-state index contributed by atoms with van der Waals surface area (Å²) >= 11 is 0. The molecular weight excluding hydrogens is 274 g/mol. The van der Waals surface area contributed by atoms with Crippen LogP contribution in [0, 0.1) is 0 Å². The number of hydrogen-bond donors (Lipinski definition) is 3. The molecule has 112 valence electrons. The van der Waals surface area contributed by atoms with E-state index in [2.05, 4.69) is 15.7 Å². The number of ether oxygens (including phenoxy) is 1. The average Bonchev–Trinajstić information content (AvgIpc) is 2.73. The molecule has 2 fully saturated rings. The van der Waals surface area contributed by atoms with Gasteiger partial charge in [0.25, 0.3) is 5.91 Å². The van der Waals surface area contributed by atoms with E-state index in [0.717, 1.165) is 5.56 Å². The standard InChI is InChI=1S/C13H17N5O3/c14-17-10-2-1-9(7-15-10)8-18-11(19)13(16-12(18)20)3-5-21-6-4-13/h1-2,7H,3-6,8,14H2,(H,15,17)(H,16,20). The number of urea groups is 1. The Morgan fingerprint density at radius 1 is 1.38 bits per heavy atom. The Labute approximate surface area is 121 Å². The van der Waals surface area contributed by atoms with Crippen molar-refractivity contribution in [1.29, 1.82) is 0 Å². The van der Waals surface area contributed by atoms with Crippen LogP contribution in [0.3, 0.4) is 0 Å². The average molecular weight is 291 g/mol. The first-order chi connectivity index (χ1) is 10.1. The molecule has 0 saturated carbocycles. The molecule has 0 unspecified atom stereocenters. The number of nitrogen functional groups attached to an aromatic ring is 1. The van der Waals surface area contributed by atoms with Gasteiger partial charge in [0.15, 0.2) is 0 Å². The Morgan fingerprint density at radius 3 is 2.76 bits per heavy atom. The van der Waals surface area contributed by atoms with Crippen molar-refractivity contribution >= 4 is 17.8 Å². The van der Waals surface area contributed by atoms with Crippen molar-refractivity contribution in [1.82, 2.24) is 15.2 Å². The number of pyridine rings is 1. The number of amides is 3. The Hall–Kier alpha value is -2.19. The number of carbonyl (C=O) groups excluding carboxylic acids is 2. The molecule has 3 heterocycles. The molecule has 2 aliphatic heterocycles. The second-order valence-electron chi connectivity index (χ2n) is 5.21. The molecule has 0 aromatic carbocycles. The van der Waals surface area contributed by atoms with Gasteiger partial charge in [-0.25, -0.2) is 15.6 Å². The molecule has 0 radical (unpaired) electrons. The predicted octanol–water partition coefficient (Wildman–Crippen LogP) is -0.0318. The summed E-state index contributed by atoms with van der Waals surface area (Å²) in [5, 5.41) is 2.82. The quantitative estimate of drug-likeness (QED) is 0.410. The first-order valence-corrected chi connectivity index (χ1v) is 6.78. The van der Waals surface area contributed by atoms with Crippen molar-refractivity contribution in [3.8, 4) is 0 Å². The SMILES string of the molecule is NNc1ccc(CN2C(=O)NC3(CCOCC3)C2=O)cn1. The fraction of sp³-hybridized carbons (Fsp3) is 0.462. The summed E-state index contributed by atoms with van der Waals surface area (Å²) in [5.41, 5.74) is 2.40. The molecule has 1 spiro atoms. The van der Waals surface area contributed by atoms with Gasteiger partial charge >= 0.3 is 6.03 Å². The highest BCUT2D eigenvalue weighted by atomic mass is 16.5. The predicted molar refractivity (Wildman–Crippen MR) is 73.9 cm³/mol. The maximum atomic E-state index is 12.6. The van der Waals surface area contributed by atoms with Crippen LogP contribution in [0.5, 0.6) is 0 Å². The van der Waals surface area contributed by atoms with E-state index in [9.17, 15) is 9.59 Å². The highest BCUT2D eigenvalue weighted by molar-refractivity contribution is 6.07. The van der Waals surface area contributed by atoms with Gasteiger partial charge in [0, 0.05) is 32.3 Å². The first-order valence-electron chi connectivity index (χ1n) is 6.78. The van der Waals surface area contributed by atoms with Crippen LogP contribution in [0.1, 0.15) is 18.4 Å². The zero-order valence-electron chi connectivity index (χ0n) is 11.5. The summed E-state index contributed by atoms with van der Waals surface area (Å²) in [4.78, 5) is 29.9. The number of aromatic nitrogens is 1. The summed E-state index contributed by atoms with van der Waals surface area (Å²) < 4.78 is 5.27. The van der Waals surface area contributed by atoms with Crippen LogP contribution in [-0.4, -0.2) is 40.6 Å². The highest BCUT2D eigenvalue weighted by Crippen LogP contribution is 2.29. The molecule has 2 saturated heterocycles. The number of nitrogens with zero attached hydrogens (tertiary/aromatic N) is 2. The van der Waals surface area contributed by atoms with Crippen LogP contribution in [-0.2, 0) is 16.1 Å². The topological polar surface area (TPSA) is 110 Å². The molecule has 0 aliphatic carbocycles. The van der Waals surface area contributed by atoms with Crippen LogP contribution < -0.4 is 16.6 Å². The van der Waals surface area contributed by atoms with E-state index < -0.39 is 5.54 Å². The molecule has 0 atom stereocenters. The molecule has 2 aliphatic rings. The number of imide groups is 1. The molecule has 3 amide bonds. The molecule has 1 aromatic heterocycles. The lowest BCUT2D eigenvalue weighted by molar-refractivity contribution is -0.134. The lowest BCUT2D eigenvalue weighted by Gasteiger charge is -2.30. The minimum atomic E-state index is -0.790. The molecular formula is C13H17N5O3. The van der Waals surface area contributed by atoms with Gasteiger partial charge in [0.2, 0.25) is 0 Å². The lowest BCUT2D eigenvalue weighted by Crippen LogP contribution is -2.51. The summed E-state index contributed by atoms with van der Waals surface area (Å²) in [6.07, 6.45) is 2.62. The van der Waals surface area contributed by atoms with Gasteiger partial charge in [-0.15, -0.1) is 0 Å². The maximum Gasteiger partial charge on any atom is 0.325 e. The van der Waals surface area contributed by atoms with Crippen molar-refractivity contribution in [2.24, 2.45) is 5.84 Å². The Kier molecular flexibility index (Phi) is 3.48. The van der Waals surface area contributed by atoms with Gasteiger partial charge in [-0.2, -0.15) is 0 Å². The van der Waals surface area contributed by atoms with E-state index in [4.69, 9.17) is 10.6 Å². The van der Waals surface area contributed by atoms with Crippen LogP contribution in [0.25, 0.3) is 0 Å². The third-order valence-corrected chi connectivity index (χ3v) is 3.91. The molecule has 0 bridgehead atoms. The summed E-state index contributed by atoms with van der Waals surface area (Å²) in [5.74, 6) is 5.59. The third kappa shape index (κ3) is 2.43. The van der Waals surface area contributed by atoms with Gasteiger partial charge in [-0.05, 0) is 11.6 Å². The number of carbonyl (C=O) groups is 2. The Morgan fingerprint density at radius 2 is 2.14 bits per heavy atom. The zero-order chi connectivity index (χ0) is 14.9. The summed E-state index contributed by atoms with van der Waals surface area (Å²) in [7, 11) is 0. The van der Waals surface area contributed by atoms with Gasteiger partial charge < -0.3 is 15.5 Å². The van der Waals surface area contributed by atoms with E-state index in [1.165, 1.54) is 4.90 Å². The molecule has 8 heteroatoms. The number of nitrogens with one attached hydrogen (secondary N) is 2. The highest BCUT2D eigenvalue weighted by Gasteiger charge is 2.51. The van der Waals surface area contributed by atoms with Crippen molar-refractivity contribution in [2.45, 2.75) is 24.9 Å². The third-order valence-electron chi connectivity index (χ3n) is 3.91. The lowest BCUT2D eigenvalue weighted by atomic mass is 9.90. The molecule has 1 aromatic rings. The Balaban J connectivity index is 1.75. The van der Waals surface area contributed by atoms with E-state index >= 15 is 0 Å². The smallest absolute Gasteiger partial charge is 0.325 e. The van der Waals surface area contributed by atoms with Crippen molar-refractivity contribution in [2.75, 3.05) is 18.6 Å². The fourth-order valence-corrected chi connectivity index (χ4v) is 2.66. The zero-order valence-corrected chi connectivity index (χ0v) is 11.5. The maximum absolute atomic E-state index is 12.6. The van der Waals surface area contributed by atoms with E-state index in [1.807, 2.05) is 0 Å². The van der Waals surface area contributed by atoms with Crippen LogP contribution in [0.15, 0.2) is 18.3 Å². The largest absolute Gasteiger partial charge is 0.381 e. The van der Waals surface area contributed by atoms with Crippen LogP contribution in [0.4, 0.5) is 10.6 Å². The second kappa shape index (κ2) is 5.30. The van der Waals surface area contributed by atoms with Crippen molar-refractivity contribution in [3.63, 3.8) is 0 Å². The van der Waals surface area contributed by atoms with Crippen molar-refractivity contribution < 1.29 is 14.3 Å². The number of hydrogen-bond acceptors (Lipinski definition) is 6. The monoisotopic (exact) mass is 291 g/mol.